The summed E-state index contributed by atoms with van der Waals surface area (Å²) >= 11 is 3.43. The molecular weight excluding hydrogens is 304 g/mol. The molecule has 0 aliphatic rings. The molecule has 0 bridgehead atoms. The molecule has 0 spiro atoms. The lowest BCUT2D eigenvalue weighted by Crippen LogP contribution is -2.12. The van der Waals surface area contributed by atoms with Crippen LogP contribution in [0.5, 0.6) is 5.75 Å². The Kier molecular flexibility index (Phi) is 5.84. The molecule has 1 atom stereocenters. The van der Waals surface area contributed by atoms with Gasteiger partial charge in [-0.25, -0.2) is 0 Å². The summed E-state index contributed by atoms with van der Waals surface area (Å²) < 4.78 is 6.78. The van der Waals surface area contributed by atoms with Crippen molar-refractivity contribution in [1.82, 2.24) is 0 Å². The summed E-state index contributed by atoms with van der Waals surface area (Å²) in [5.74, 6) is 0.827. The predicted octanol–water partition coefficient (Wildman–Crippen LogP) is 4.18. The van der Waals surface area contributed by atoms with Crippen molar-refractivity contribution in [3.8, 4) is 11.8 Å². The normalized spacial score (nSPS) is 12.8. The monoisotopic (exact) mass is 324 g/mol. The molecule has 2 N–H and O–H groups in total. The maximum absolute atomic E-state index is 8.95. The SMILES string of the molecule is C[C@@H](N)c1cc(Br)ccc1OCCCC(C)(C)C#N. The second kappa shape index (κ2) is 6.93. The van der Waals surface area contributed by atoms with E-state index >= 15 is 0 Å². The number of rotatable bonds is 6. The third-order valence-electron chi connectivity index (χ3n) is 2.97. The van der Waals surface area contributed by atoms with Crippen LogP contribution in [0.3, 0.4) is 0 Å². The van der Waals surface area contributed by atoms with E-state index in [9.17, 15) is 0 Å². The Bertz CT molecular complexity index is 464. The molecule has 0 saturated carbocycles. The van der Waals surface area contributed by atoms with Crippen LogP contribution in [-0.2, 0) is 0 Å². The van der Waals surface area contributed by atoms with Gasteiger partial charge >= 0.3 is 0 Å². The minimum absolute atomic E-state index is 0.0666. The molecule has 0 unspecified atom stereocenters. The zero-order valence-corrected chi connectivity index (χ0v) is 13.3. The summed E-state index contributed by atoms with van der Waals surface area (Å²) in [7, 11) is 0. The first-order chi connectivity index (χ1) is 8.85. The van der Waals surface area contributed by atoms with Gasteiger partial charge in [0.15, 0.2) is 0 Å². The largest absolute Gasteiger partial charge is 0.493 e. The fourth-order valence-corrected chi connectivity index (χ4v) is 2.14. The number of nitriles is 1. The van der Waals surface area contributed by atoms with Crippen molar-refractivity contribution in [1.29, 1.82) is 5.26 Å². The van der Waals surface area contributed by atoms with E-state index in [1.165, 1.54) is 0 Å². The molecule has 0 fully saturated rings. The number of nitrogens with zero attached hydrogens (tertiary/aromatic N) is 1. The summed E-state index contributed by atoms with van der Waals surface area (Å²) in [5, 5.41) is 8.95. The van der Waals surface area contributed by atoms with Gasteiger partial charge in [0, 0.05) is 16.1 Å². The van der Waals surface area contributed by atoms with Crippen LogP contribution in [0.4, 0.5) is 0 Å². The molecule has 0 amide bonds. The van der Waals surface area contributed by atoms with E-state index in [0.717, 1.165) is 28.6 Å². The molecule has 3 nitrogen and oxygen atoms in total. The summed E-state index contributed by atoms with van der Waals surface area (Å²) in [6.45, 7) is 6.43. The quantitative estimate of drug-likeness (QED) is 0.798. The van der Waals surface area contributed by atoms with E-state index in [1.54, 1.807) is 0 Å². The molecule has 0 heterocycles. The van der Waals surface area contributed by atoms with E-state index in [-0.39, 0.29) is 11.5 Å². The van der Waals surface area contributed by atoms with E-state index < -0.39 is 0 Å². The Balaban J connectivity index is 2.57. The van der Waals surface area contributed by atoms with Gasteiger partial charge in [0.1, 0.15) is 5.75 Å². The molecule has 0 aromatic heterocycles. The Morgan fingerprint density at radius 3 is 2.74 bits per heavy atom. The molecule has 1 aromatic carbocycles. The molecule has 0 saturated heterocycles. The molecule has 19 heavy (non-hydrogen) atoms. The molecule has 1 aromatic rings. The highest BCUT2D eigenvalue weighted by molar-refractivity contribution is 9.10. The number of nitrogens with two attached hydrogens (primary N) is 1. The minimum atomic E-state index is -0.285. The van der Waals surface area contributed by atoms with E-state index in [4.69, 9.17) is 15.7 Å². The first kappa shape index (κ1) is 16.0. The van der Waals surface area contributed by atoms with Crippen molar-refractivity contribution >= 4 is 15.9 Å². The molecule has 4 heteroatoms. The summed E-state index contributed by atoms with van der Waals surface area (Å²) in [6.07, 6.45) is 1.68. The van der Waals surface area contributed by atoms with Crippen LogP contribution in [-0.4, -0.2) is 6.61 Å². The van der Waals surface area contributed by atoms with Gasteiger partial charge in [-0.2, -0.15) is 5.26 Å². The van der Waals surface area contributed by atoms with Crippen molar-refractivity contribution in [2.45, 2.75) is 39.7 Å². The third-order valence-corrected chi connectivity index (χ3v) is 3.46. The maximum Gasteiger partial charge on any atom is 0.124 e. The minimum Gasteiger partial charge on any atom is -0.493 e. The smallest absolute Gasteiger partial charge is 0.124 e. The second-order valence-corrected chi connectivity index (χ2v) is 6.33. The van der Waals surface area contributed by atoms with Crippen LogP contribution >= 0.6 is 15.9 Å². The van der Waals surface area contributed by atoms with Crippen LogP contribution in [0.15, 0.2) is 22.7 Å². The van der Waals surface area contributed by atoms with Crippen molar-refractivity contribution in [3.05, 3.63) is 28.2 Å². The number of halogens is 1. The number of hydrogen-bond donors (Lipinski definition) is 1. The third kappa shape index (κ3) is 5.22. The molecular formula is C15H21BrN2O. The zero-order valence-electron chi connectivity index (χ0n) is 11.7. The average Bonchev–Trinajstić information content (AvgIpc) is 2.36. The van der Waals surface area contributed by atoms with Gasteiger partial charge in [-0.15, -0.1) is 0 Å². The van der Waals surface area contributed by atoms with E-state index in [0.29, 0.717) is 6.61 Å². The fraction of sp³-hybridized carbons (Fsp3) is 0.533. The predicted molar refractivity (Wildman–Crippen MR) is 80.9 cm³/mol. The molecule has 104 valence electrons. The lowest BCUT2D eigenvalue weighted by Gasteiger charge is -2.17. The summed E-state index contributed by atoms with van der Waals surface area (Å²) in [5.41, 5.74) is 6.64. The highest BCUT2D eigenvalue weighted by Crippen LogP contribution is 2.28. The van der Waals surface area contributed by atoms with E-state index in [2.05, 4.69) is 22.0 Å². The lowest BCUT2D eigenvalue weighted by atomic mass is 9.90. The van der Waals surface area contributed by atoms with Crippen LogP contribution < -0.4 is 10.5 Å². The standard InChI is InChI=1S/C15H21BrN2O/c1-11(18)13-9-12(16)5-6-14(13)19-8-4-7-15(2,3)10-17/h5-6,9,11H,4,7-8,18H2,1-3H3/t11-/m1/s1. The van der Waals surface area contributed by atoms with Gasteiger partial charge in [-0.05, 0) is 51.8 Å². The number of benzene rings is 1. The van der Waals surface area contributed by atoms with Crippen LogP contribution in [0.25, 0.3) is 0 Å². The number of hydrogen-bond acceptors (Lipinski definition) is 3. The van der Waals surface area contributed by atoms with Gasteiger partial charge in [-0.1, -0.05) is 15.9 Å². The highest BCUT2D eigenvalue weighted by Gasteiger charge is 2.16. The second-order valence-electron chi connectivity index (χ2n) is 5.42. The Labute approximate surface area is 123 Å². The van der Waals surface area contributed by atoms with Crippen LogP contribution in [0.2, 0.25) is 0 Å². The first-order valence-corrected chi connectivity index (χ1v) is 7.24. The van der Waals surface area contributed by atoms with Crippen molar-refractivity contribution in [3.63, 3.8) is 0 Å². The topological polar surface area (TPSA) is 59.0 Å². The van der Waals surface area contributed by atoms with Gasteiger partial charge in [0.05, 0.1) is 18.1 Å². The number of ether oxygens (including phenoxy) is 1. The average molecular weight is 325 g/mol. The summed E-state index contributed by atoms with van der Waals surface area (Å²) in [6, 6.07) is 8.09. The zero-order chi connectivity index (χ0) is 14.5. The van der Waals surface area contributed by atoms with Crippen LogP contribution in [0.1, 0.15) is 45.2 Å². The highest BCUT2D eigenvalue weighted by atomic mass is 79.9. The van der Waals surface area contributed by atoms with E-state index in [1.807, 2.05) is 39.0 Å². The van der Waals surface area contributed by atoms with Crippen molar-refractivity contribution in [2.75, 3.05) is 6.61 Å². The Morgan fingerprint density at radius 2 is 2.16 bits per heavy atom. The Morgan fingerprint density at radius 1 is 1.47 bits per heavy atom. The first-order valence-electron chi connectivity index (χ1n) is 6.45. The maximum atomic E-state index is 8.95. The molecule has 0 aliphatic carbocycles. The van der Waals surface area contributed by atoms with Gasteiger partial charge in [-0.3, -0.25) is 0 Å². The van der Waals surface area contributed by atoms with Gasteiger partial charge in [0.2, 0.25) is 0 Å². The molecule has 0 aliphatic heterocycles. The lowest BCUT2D eigenvalue weighted by molar-refractivity contribution is 0.281. The summed E-state index contributed by atoms with van der Waals surface area (Å²) in [4.78, 5) is 0. The van der Waals surface area contributed by atoms with Gasteiger partial charge < -0.3 is 10.5 Å². The van der Waals surface area contributed by atoms with Crippen molar-refractivity contribution < 1.29 is 4.74 Å². The van der Waals surface area contributed by atoms with Gasteiger partial charge in [0.25, 0.3) is 0 Å². The fourth-order valence-electron chi connectivity index (χ4n) is 1.76. The molecule has 0 radical (unpaired) electrons. The van der Waals surface area contributed by atoms with Crippen LogP contribution in [0, 0.1) is 16.7 Å². The Hall–Kier alpha value is -1.05. The molecule has 1 rings (SSSR count). The van der Waals surface area contributed by atoms with Crippen molar-refractivity contribution in [2.24, 2.45) is 11.1 Å².